The Morgan fingerprint density at radius 3 is 2.34 bits per heavy atom. The van der Waals surface area contributed by atoms with E-state index in [9.17, 15) is 33.5 Å². The molecule has 0 radical (unpaired) electrons. The van der Waals surface area contributed by atoms with Crippen molar-refractivity contribution >= 4 is 75.7 Å². The second kappa shape index (κ2) is 23.3. The van der Waals surface area contributed by atoms with E-state index in [1.165, 1.54) is 28.0 Å². The highest BCUT2D eigenvalue weighted by Crippen LogP contribution is 2.41. The fourth-order valence-corrected chi connectivity index (χ4v) is 11.5. The summed E-state index contributed by atoms with van der Waals surface area (Å²) < 4.78 is 21.2. The number of thiazole rings is 1. The van der Waals surface area contributed by atoms with Crippen LogP contribution in [-0.4, -0.2) is 154 Å². The zero-order chi connectivity index (χ0) is 54.7. The number of hydrogen-bond acceptors (Lipinski definition) is 15. The van der Waals surface area contributed by atoms with E-state index in [4.69, 9.17) is 22.1 Å². The number of nitrogens with two attached hydrogens (primary N) is 1. The van der Waals surface area contributed by atoms with Gasteiger partial charge in [-0.3, -0.25) is 28.9 Å². The minimum Gasteiger partial charge on any atom is -0.492 e. The normalized spacial score (nSPS) is 20.0. The summed E-state index contributed by atoms with van der Waals surface area (Å²) in [6.07, 6.45) is 4.69. The fourth-order valence-electron chi connectivity index (χ4n) is 9.61. The number of benzene rings is 2. The summed E-state index contributed by atoms with van der Waals surface area (Å²) in [5.41, 5.74) is 6.53. The van der Waals surface area contributed by atoms with E-state index in [1.54, 1.807) is 69.6 Å². The van der Waals surface area contributed by atoms with Crippen molar-refractivity contribution in [3.8, 4) is 16.2 Å². The first kappa shape index (κ1) is 56.7. The van der Waals surface area contributed by atoms with Gasteiger partial charge in [-0.25, -0.2) is 19.3 Å². The molecule has 410 valence electrons. The maximum atomic E-state index is 14.7. The summed E-state index contributed by atoms with van der Waals surface area (Å²) in [7, 11) is 0. The Balaban J connectivity index is 0.839. The molecule has 3 saturated heterocycles. The molecular weight excluding hydrogens is 1030 g/mol. The first-order valence-electron chi connectivity index (χ1n) is 26.0. The van der Waals surface area contributed by atoms with Crippen LogP contribution in [0.5, 0.6) is 5.75 Å². The van der Waals surface area contributed by atoms with Crippen molar-refractivity contribution in [1.82, 2.24) is 40.3 Å². The maximum Gasteiger partial charge on any atom is 0.258 e. The second-order valence-corrected chi connectivity index (χ2v) is 24.7. The van der Waals surface area contributed by atoms with Crippen molar-refractivity contribution in [2.45, 2.75) is 121 Å². The summed E-state index contributed by atoms with van der Waals surface area (Å²) >= 11 is 9.70. The summed E-state index contributed by atoms with van der Waals surface area (Å²) in [4.78, 5) is 91.3. The fraction of sp³-hybridized carbons (Fsp3) is 0.556. The molecule has 22 heteroatoms. The number of ether oxygens (including phenoxy) is 1. The van der Waals surface area contributed by atoms with Crippen LogP contribution in [0.4, 0.5) is 15.9 Å². The van der Waals surface area contributed by atoms with Gasteiger partial charge in [-0.2, -0.15) is 0 Å². The van der Waals surface area contributed by atoms with E-state index < -0.39 is 58.3 Å². The molecule has 3 aliphatic heterocycles. The number of aliphatic hydroxyl groups is 1. The third kappa shape index (κ3) is 13.1. The van der Waals surface area contributed by atoms with E-state index in [0.29, 0.717) is 71.2 Å². The summed E-state index contributed by atoms with van der Waals surface area (Å²) in [5, 5.41) is 20.1. The van der Waals surface area contributed by atoms with E-state index in [1.807, 2.05) is 31.2 Å². The van der Waals surface area contributed by atoms with Gasteiger partial charge in [0, 0.05) is 75.8 Å². The highest BCUT2D eigenvalue weighted by atomic mass is 35.5. The molecule has 2 aromatic carbocycles. The molecule has 1 aliphatic carbocycles. The highest BCUT2D eigenvalue weighted by molar-refractivity contribution is 7.99. The lowest BCUT2D eigenvalue weighted by Crippen LogP contribution is -2.59. The van der Waals surface area contributed by atoms with Crippen LogP contribution >= 0.6 is 34.7 Å². The minimum absolute atomic E-state index is 0.00211. The number of aliphatic hydroxyl groups excluding tert-OH is 1. The van der Waals surface area contributed by atoms with Crippen molar-refractivity contribution in [2.75, 3.05) is 75.7 Å². The van der Waals surface area contributed by atoms with E-state index in [2.05, 4.69) is 47.6 Å². The molecule has 5 amide bonds. The molecule has 18 nitrogen and oxygen atoms in total. The molecule has 5 heterocycles. The van der Waals surface area contributed by atoms with Crippen molar-refractivity contribution in [2.24, 2.45) is 22.0 Å². The topological polar surface area (TPSA) is 229 Å². The number of alkyl halides is 1. The Labute approximate surface area is 457 Å². The minimum atomic E-state index is -1.99. The molecular formula is C54H71ClFN11O7S2. The SMILES string of the molecule is Cc1ncsc1-c1ccc(CNC(=O)[C@@H]2C[C@@H](O)CN2C(=O)[C@@H](NC(=O)C2(F)CC2)C(C)(C)C)c(OCCN2CCN(C(=O)C(C)(C)C(=O)Nc3cccc(Sc4cnc(N5CCC(C)(CN)CC5)cn4)c3Cl)CC2)c1. The molecule has 0 spiro atoms. The predicted molar refractivity (Wildman–Crippen MR) is 292 cm³/mol. The number of β-amino-alcohol motifs (C(OH)–C–C–N with tert-alkyl or cyclic N) is 1. The highest BCUT2D eigenvalue weighted by Gasteiger charge is 2.53. The van der Waals surface area contributed by atoms with Gasteiger partial charge in [-0.15, -0.1) is 11.3 Å². The first-order chi connectivity index (χ1) is 36.0. The molecule has 1 saturated carbocycles. The quantitative estimate of drug-likeness (QED) is 0.0713. The zero-order valence-corrected chi connectivity index (χ0v) is 46.8. The zero-order valence-electron chi connectivity index (χ0n) is 44.4. The molecule has 4 aliphatic rings. The summed E-state index contributed by atoms with van der Waals surface area (Å²) in [6.45, 7) is 17.7. The van der Waals surface area contributed by atoms with Gasteiger partial charge in [0.2, 0.25) is 23.6 Å². The van der Waals surface area contributed by atoms with Gasteiger partial charge in [-0.1, -0.05) is 69.3 Å². The lowest BCUT2D eigenvalue weighted by molar-refractivity contribution is -0.147. The monoisotopic (exact) mass is 1100 g/mol. The van der Waals surface area contributed by atoms with Gasteiger partial charge >= 0.3 is 0 Å². The lowest BCUT2D eigenvalue weighted by Gasteiger charge is -2.39. The van der Waals surface area contributed by atoms with Crippen LogP contribution in [-0.2, 0) is 30.5 Å². The van der Waals surface area contributed by atoms with E-state index in [-0.39, 0.29) is 50.3 Å². The molecule has 4 aromatic rings. The predicted octanol–water partition coefficient (Wildman–Crippen LogP) is 6.08. The summed E-state index contributed by atoms with van der Waals surface area (Å²) in [5.74, 6) is -1.32. The van der Waals surface area contributed by atoms with Crippen LogP contribution in [0.1, 0.15) is 84.9 Å². The van der Waals surface area contributed by atoms with Crippen molar-refractivity contribution in [1.29, 1.82) is 0 Å². The van der Waals surface area contributed by atoms with Crippen LogP contribution in [0.15, 0.2) is 64.2 Å². The largest absolute Gasteiger partial charge is 0.492 e. The van der Waals surface area contributed by atoms with Gasteiger partial charge in [0.05, 0.1) is 45.3 Å². The number of aromatic nitrogens is 3. The van der Waals surface area contributed by atoms with Crippen LogP contribution < -0.4 is 31.3 Å². The third-order valence-corrected chi connectivity index (χ3v) is 17.6. The molecule has 4 fully saturated rings. The summed E-state index contributed by atoms with van der Waals surface area (Å²) in [6, 6.07) is 8.92. The third-order valence-electron chi connectivity index (χ3n) is 15.1. The van der Waals surface area contributed by atoms with E-state index in [0.717, 1.165) is 47.9 Å². The number of piperidine rings is 1. The Morgan fingerprint density at radius 2 is 1.71 bits per heavy atom. The molecule has 2 aromatic heterocycles. The van der Waals surface area contributed by atoms with Crippen molar-refractivity contribution in [3.63, 3.8) is 0 Å². The second-order valence-electron chi connectivity index (χ2n) is 22.4. The number of carbonyl (C=O) groups excluding carboxylic acids is 5. The molecule has 6 N–H and O–H groups in total. The molecule has 8 rings (SSSR count). The molecule has 3 atom stereocenters. The standard InChI is InChI=1S/C54H71ClFN11O7S2/c1-33-44(75-32-61-33)34-11-12-35(27-60-46(69)38-26-36(68)30-67(38)47(70)45(51(2,3)4)63-49(72)54(56)13-14-54)39(25-34)74-24-23-64-19-21-66(22-20-64)50(73)52(5,6)48(71)62-37-9-8-10-40(43(37)55)76-42-29-58-41(28-59-42)65-17-15-53(7,31-57)16-18-65/h8-12,25,28-29,32,36,38,45,68H,13-24,26-27,30-31,57H2,1-7H3,(H,60,69)(H,62,71)(H,63,72)/t36-,38+,45-/m1/s1. The number of hydrogen-bond donors (Lipinski definition) is 5. The number of nitrogens with one attached hydrogen (secondary N) is 3. The number of aryl methyl sites for hydroxylation is 1. The van der Waals surface area contributed by atoms with Gasteiger partial charge in [0.1, 0.15) is 40.7 Å². The van der Waals surface area contributed by atoms with Gasteiger partial charge in [0.15, 0.2) is 5.67 Å². The number of carbonyl (C=O) groups is 5. The van der Waals surface area contributed by atoms with Crippen LogP contribution in [0, 0.1) is 23.2 Å². The van der Waals surface area contributed by atoms with Crippen LogP contribution in [0.2, 0.25) is 5.02 Å². The molecule has 76 heavy (non-hydrogen) atoms. The number of rotatable bonds is 18. The number of amides is 5. The smallest absolute Gasteiger partial charge is 0.258 e. The maximum absolute atomic E-state index is 14.7. The van der Waals surface area contributed by atoms with Gasteiger partial charge < -0.3 is 46.2 Å². The average Bonchev–Trinajstić information content (AvgIpc) is 3.81. The number of piperazine rings is 1. The Bertz CT molecular complexity index is 2780. The Morgan fingerprint density at radius 1 is 0.987 bits per heavy atom. The van der Waals surface area contributed by atoms with Crippen LogP contribution in [0.25, 0.3) is 10.4 Å². The number of halogens is 2. The Hall–Kier alpha value is -5.45. The Kier molecular flexibility index (Phi) is 17.4. The van der Waals surface area contributed by atoms with Gasteiger partial charge in [0.25, 0.3) is 5.91 Å². The van der Waals surface area contributed by atoms with Crippen molar-refractivity contribution < 1.29 is 38.2 Å². The first-order valence-corrected chi connectivity index (χ1v) is 28.0. The number of anilines is 2. The van der Waals surface area contributed by atoms with Gasteiger partial charge in [-0.05, 0) is 87.6 Å². The molecule has 0 unspecified atom stereocenters. The van der Waals surface area contributed by atoms with Crippen LogP contribution in [0.3, 0.4) is 0 Å². The van der Waals surface area contributed by atoms with Crippen molar-refractivity contribution in [3.05, 3.63) is 70.6 Å². The molecule has 0 bridgehead atoms. The average molecular weight is 1100 g/mol. The van der Waals surface area contributed by atoms with E-state index >= 15 is 0 Å². The lowest BCUT2D eigenvalue weighted by atomic mass is 9.80. The number of nitrogens with zero attached hydrogens (tertiary/aromatic N) is 7. The number of likely N-dealkylation sites (tertiary alicyclic amines) is 1.